The summed E-state index contributed by atoms with van der Waals surface area (Å²) in [5, 5.41) is 6.30. The van der Waals surface area contributed by atoms with Crippen LogP contribution in [0.2, 0.25) is 0 Å². The average Bonchev–Trinajstić information content (AvgIpc) is 2.70. The summed E-state index contributed by atoms with van der Waals surface area (Å²) < 4.78 is 0. The van der Waals surface area contributed by atoms with Gasteiger partial charge in [-0.05, 0) is 54.9 Å². The van der Waals surface area contributed by atoms with E-state index in [4.69, 9.17) is 0 Å². The van der Waals surface area contributed by atoms with E-state index in [0.29, 0.717) is 18.9 Å². The number of hydrogen-bond donors (Lipinski definition) is 2. The zero-order valence-corrected chi connectivity index (χ0v) is 17.2. The van der Waals surface area contributed by atoms with Crippen molar-refractivity contribution < 1.29 is 4.79 Å². The Hall–Kier alpha value is -2.53. The number of carbonyl (C=O) groups excluding carboxylic acids is 1. The summed E-state index contributed by atoms with van der Waals surface area (Å²) in [6.07, 6.45) is 0.437. The first kappa shape index (κ1) is 20.2. The van der Waals surface area contributed by atoms with Gasteiger partial charge < -0.3 is 20.4 Å². The zero-order valence-electron chi connectivity index (χ0n) is 17.2. The van der Waals surface area contributed by atoms with Crippen molar-refractivity contribution in [2.45, 2.75) is 26.2 Å². The second kappa shape index (κ2) is 9.60. The molecule has 1 amide bonds. The highest BCUT2D eigenvalue weighted by atomic mass is 16.1. The van der Waals surface area contributed by atoms with E-state index in [1.165, 1.54) is 11.3 Å². The Labute approximate surface area is 168 Å². The quantitative estimate of drug-likeness (QED) is 0.762. The molecular formula is C23H32N4O. The van der Waals surface area contributed by atoms with Crippen LogP contribution in [0, 0.1) is 0 Å². The van der Waals surface area contributed by atoms with E-state index in [-0.39, 0.29) is 5.91 Å². The van der Waals surface area contributed by atoms with Crippen LogP contribution in [-0.4, -0.2) is 50.6 Å². The Kier molecular flexibility index (Phi) is 6.93. The molecule has 5 heteroatoms. The normalized spacial score (nSPS) is 14.9. The molecule has 1 saturated heterocycles. The number of hydrogen-bond acceptors (Lipinski definition) is 4. The van der Waals surface area contributed by atoms with E-state index in [1.807, 2.05) is 12.1 Å². The Morgan fingerprint density at radius 1 is 0.929 bits per heavy atom. The molecule has 2 aromatic rings. The smallest absolute Gasteiger partial charge is 0.226 e. The highest BCUT2D eigenvalue weighted by Crippen LogP contribution is 2.20. The highest BCUT2D eigenvalue weighted by Gasteiger charge is 2.14. The summed E-state index contributed by atoms with van der Waals surface area (Å²) in [7, 11) is 2.16. The molecule has 5 nitrogen and oxygen atoms in total. The van der Waals surface area contributed by atoms with Gasteiger partial charge in [0.05, 0.1) is 0 Å². The van der Waals surface area contributed by atoms with E-state index in [0.717, 1.165) is 37.6 Å². The van der Waals surface area contributed by atoms with Gasteiger partial charge in [0.2, 0.25) is 5.91 Å². The fourth-order valence-corrected chi connectivity index (χ4v) is 3.35. The molecule has 3 rings (SSSR count). The molecule has 0 unspecified atom stereocenters. The van der Waals surface area contributed by atoms with E-state index in [1.54, 1.807) is 0 Å². The van der Waals surface area contributed by atoms with Gasteiger partial charge in [0.25, 0.3) is 0 Å². The molecule has 0 atom stereocenters. The van der Waals surface area contributed by atoms with Crippen molar-refractivity contribution in [3.63, 3.8) is 0 Å². The molecule has 1 aliphatic heterocycles. The number of anilines is 3. The molecule has 1 fully saturated rings. The van der Waals surface area contributed by atoms with Crippen LogP contribution in [0.1, 0.15) is 31.7 Å². The molecule has 2 N–H and O–H groups in total. The molecule has 0 spiro atoms. The minimum atomic E-state index is 0.0265. The molecule has 0 aliphatic carbocycles. The first-order valence-corrected chi connectivity index (χ1v) is 10.2. The number of nitrogens with zero attached hydrogens (tertiary/aromatic N) is 2. The first-order chi connectivity index (χ1) is 13.5. The molecular weight excluding hydrogens is 348 g/mol. The first-order valence-electron chi connectivity index (χ1n) is 10.2. The maximum Gasteiger partial charge on any atom is 0.226 e. The minimum absolute atomic E-state index is 0.0265. The van der Waals surface area contributed by atoms with Crippen molar-refractivity contribution in [1.29, 1.82) is 0 Å². The highest BCUT2D eigenvalue weighted by molar-refractivity contribution is 5.91. The Balaban J connectivity index is 1.42. The van der Waals surface area contributed by atoms with Crippen molar-refractivity contribution in [1.82, 2.24) is 4.90 Å². The molecule has 0 aromatic heterocycles. The summed E-state index contributed by atoms with van der Waals surface area (Å²) in [5.41, 5.74) is 4.44. The van der Waals surface area contributed by atoms with Crippen molar-refractivity contribution in [2.75, 3.05) is 55.3 Å². The lowest BCUT2D eigenvalue weighted by Crippen LogP contribution is -2.44. The number of benzene rings is 2. The summed E-state index contributed by atoms with van der Waals surface area (Å²) in [5.74, 6) is 0.557. The van der Waals surface area contributed by atoms with Gasteiger partial charge in [-0.2, -0.15) is 0 Å². The van der Waals surface area contributed by atoms with Gasteiger partial charge in [0.15, 0.2) is 0 Å². The lowest BCUT2D eigenvalue weighted by Gasteiger charge is -2.34. The average molecular weight is 381 g/mol. The predicted molar refractivity (Wildman–Crippen MR) is 118 cm³/mol. The lowest BCUT2D eigenvalue weighted by molar-refractivity contribution is -0.115. The summed E-state index contributed by atoms with van der Waals surface area (Å²) in [6, 6.07) is 16.6. The van der Waals surface area contributed by atoms with E-state index >= 15 is 0 Å². The number of carbonyl (C=O) groups is 1. The largest absolute Gasteiger partial charge is 0.385 e. The third-order valence-electron chi connectivity index (χ3n) is 5.28. The van der Waals surface area contributed by atoms with Crippen molar-refractivity contribution in [3.05, 3.63) is 54.1 Å². The Morgan fingerprint density at radius 2 is 1.54 bits per heavy atom. The number of piperazine rings is 1. The third kappa shape index (κ3) is 5.73. The van der Waals surface area contributed by atoms with Crippen LogP contribution in [0.15, 0.2) is 48.5 Å². The fourth-order valence-electron chi connectivity index (χ4n) is 3.35. The fraction of sp³-hybridized carbons (Fsp3) is 0.435. The van der Waals surface area contributed by atoms with Crippen molar-refractivity contribution in [3.8, 4) is 0 Å². The van der Waals surface area contributed by atoms with E-state index in [9.17, 15) is 4.79 Å². The molecule has 1 aliphatic rings. The SMILES string of the molecule is CC(C)c1ccc(NCCC(=O)Nc2ccc(N3CCN(C)CC3)cc2)cc1. The summed E-state index contributed by atoms with van der Waals surface area (Å²) in [4.78, 5) is 16.9. The van der Waals surface area contributed by atoms with Gasteiger partial charge in [-0.3, -0.25) is 4.79 Å². The summed E-state index contributed by atoms with van der Waals surface area (Å²) >= 11 is 0. The van der Waals surface area contributed by atoms with Crippen LogP contribution >= 0.6 is 0 Å². The molecule has 150 valence electrons. The van der Waals surface area contributed by atoms with Gasteiger partial charge in [-0.1, -0.05) is 26.0 Å². The Bertz CT molecular complexity index is 747. The topological polar surface area (TPSA) is 47.6 Å². The van der Waals surface area contributed by atoms with E-state index in [2.05, 4.69) is 77.7 Å². The van der Waals surface area contributed by atoms with Gasteiger partial charge in [0, 0.05) is 56.2 Å². The van der Waals surface area contributed by atoms with Crippen LogP contribution in [0.5, 0.6) is 0 Å². The second-order valence-corrected chi connectivity index (χ2v) is 7.84. The third-order valence-corrected chi connectivity index (χ3v) is 5.28. The monoisotopic (exact) mass is 380 g/mol. The Morgan fingerprint density at radius 3 is 2.14 bits per heavy atom. The maximum atomic E-state index is 12.2. The summed E-state index contributed by atoms with van der Waals surface area (Å²) in [6.45, 7) is 9.26. The lowest BCUT2D eigenvalue weighted by atomic mass is 10.0. The number of likely N-dealkylation sites (N-methyl/N-ethyl adjacent to an activating group) is 1. The van der Waals surface area contributed by atoms with E-state index < -0.39 is 0 Å². The van der Waals surface area contributed by atoms with Gasteiger partial charge in [-0.15, -0.1) is 0 Å². The van der Waals surface area contributed by atoms with Crippen LogP contribution < -0.4 is 15.5 Å². The molecule has 28 heavy (non-hydrogen) atoms. The predicted octanol–water partition coefficient (Wildman–Crippen LogP) is 4.00. The molecule has 2 aromatic carbocycles. The van der Waals surface area contributed by atoms with Crippen LogP contribution in [0.4, 0.5) is 17.1 Å². The van der Waals surface area contributed by atoms with Gasteiger partial charge in [-0.25, -0.2) is 0 Å². The van der Waals surface area contributed by atoms with Crippen LogP contribution in [0.25, 0.3) is 0 Å². The van der Waals surface area contributed by atoms with Crippen LogP contribution in [-0.2, 0) is 4.79 Å². The number of rotatable bonds is 7. The molecule has 0 bridgehead atoms. The van der Waals surface area contributed by atoms with Gasteiger partial charge in [0.1, 0.15) is 0 Å². The van der Waals surface area contributed by atoms with Gasteiger partial charge >= 0.3 is 0 Å². The van der Waals surface area contributed by atoms with Crippen molar-refractivity contribution >= 4 is 23.0 Å². The zero-order chi connectivity index (χ0) is 19.9. The number of amides is 1. The molecule has 1 heterocycles. The number of nitrogens with one attached hydrogen (secondary N) is 2. The van der Waals surface area contributed by atoms with Crippen molar-refractivity contribution in [2.24, 2.45) is 0 Å². The van der Waals surface area contributed by atoms with Crippen LogP contribution in [0.3, 0.4) is 0 Å². The minimum Gasteiger partial charge on any atom is -0.385 e. The molecule has 0 saturated carbocycles. The standard InChI is InChI=1S/C23H32N4O/c1-18(2)19-4-6-20(7-5-19)24-13-12-23(28)25-21-8-10-22(11-9-21)27-16-14-26(3)15-17-27/h4-11,18,24H,12-17H2,1-3H3,(H,25,28). The second-order valence-electron chi connectivity index (χ2n) is 7.84. The molecule has 0 radical (unpaired) electrons. The maximum absolute atomic E-state index is 12.2.